The van der Waals surface area contributed by atoms with Gasteiger partial charge in [0.05, 0.1) is 23.5 Å². The lowest BCUT2D eigenvalue weighted by Crippen LogP contribution is -2.37. The third kappa shape index (κ3) is 2.36. The van der Waals surface area contributed by atoms with Crippen LogP contribution < -0.4 is 10.3 Å². The van der Waals surface area contributed by atoms with Gasteiger partial charge >= 0.3 is 5.69 Å². The number of ether oxygens (including phenoxy) is 1. The highest BCUT2D eigenvalue weighted by atomic mass is 16.6. The van der Waals surface area contributed by atoms with Crippen LogP contribution in [0.1, 0.15) is 5.56 Å². The second kappa shape index (κ2) is 5.17. The molecule has 0 spiro atoms. The lowest BCUT2D eigenvalue weighted by atomic mass is 10.1. The van der Waals surface area contributed by atoms with Crippen LogP contribution in [0, 0.1) is 17.0 Å². The minimum atomic E-state index is -0.668. The van der Waals surface area contributed by atoms with Gasteiger partial charge in [-0.2, -0.15) is 0 Å². The van der Waals surface area contributed by atoms with E-state index in [1.165, 1.54) is 0 Å². The minimum Gasteiger partial charge on any atom is -0.434 e. The van der Waals surface area contributed by atoms with Crippen molar-refractivity contribution in [3.8, 4) is 0 Å². The van der Waals surface area contributed by atoms with Crippen molar-refractivity contribution in [3.63, 3.8) is 0 Å². The van der Waals surface area contributed by atoms with Gasteiger partial charge in [0.1, 0.15) is 5.58 Å². The summed E-state index contributed by atoms with van der Waals surface area (Å²) in [6.45, 7) is 3.64. The molecule has 7 nitrogen and oxygen atoms in total. The Morgan fingerprint density at radius 3 is 2.67 bits per heavy atom. The summed E-state index contributed by atoms with van der Waals surface area (Å²) in [6, 6.07) is 5.08. The van der Waals surface area contributed by atoms with Gasteiger partial charge < -0.3 is 14.1 Å². The van der Waals surface area contributed by atoms with Gasteiger partial charge in [-0.05, 0) is 19.1 Å². The second-order valence-corrected chi connectivity index (χ2v) is 4.94. The number of aryl methyl sites for hydroxylation is 1. The fraction of sp³-hybridized carbons (Fsp3) is 0.357. The van der Waals surface area contributed by atoms with Crippen LogP contribution in [-0.4, -0.2) is 31.2 Å². The Hall–Kier alpha value is -2.41. The second-order valence-electron chi connectivity index (χ2n) is 4.94. The summed E-state index contributed by atoms with van der Waals surface area (Å²) in [7, 11) is 0. The predicted octanol–water partition coefficient (Wildman–Crippen LogP) is 1.85. The van der Waals surface area contributed by atoms with Crippen LogP contribution >= 0.6 is 0 Å². The van der Waals surface area contributed by atoms with E-state index >= 15 is 0 Å². The monoisotopic (exact) mass is 290 g/mol. The minimum absolute atomic E-state index is 0.0182. The van der Waals surface area contributed by atoms with Gasteiger partial charge in [-0.25, -0.2) is 0 Å². The highest BCUT2D eigenvalue weighted by molar-refractivity contribution is 5.82. The van der Waals surface area contributed by atoms with Gasteiger partial charge in [-0.1, -0.05) is 11.6 Å². The molecule has 7 heteroatoms. The molecule has 1 aliphatic heterocycles. The van der Waals surface area contributed by atoms with E-state index < -0.39 is 16.0 Å². The van der Waals surface area contributed by atoms with Crippen LogP contribution in [0.4, 0.5) is 11.6 Å². The Balaban J connectivity index is 2.27. The fourth-order valence-electron chi connectivity index (χ4n) is 2.43. The zero-order valence-electron chi connectivity index (χ0n) is 11.5. The van der Waals surface area contributed by atoms with Crippen LogP contribution in [0.15, 0.2) is 27.4 Å². The van der Waals surface area contributed by atoms with E-state index in [2.05, 4.69) is 0 Å². The summed E-state index contributed by atoms with van der Waals surface area (Å²) in [5.41, 5.74) is 0.0994. The molecule has 1 fully saturated rings. The third-order valence-corrected chi connectivity index (χ3v) is 3.48. The van der Waals surface area contributed by atoms with E-state index in [1.807, 2.05) is 6.92 Å². The number of nitrogens with zero attached hydrogens (tertiary/aromatic N) is 2. The molecule has 0 bridgehead atoms. The largest absolute Gasteiger partial charge is 0.434 e. The maximum atomic E-state index is 12.4. The summed E-state index contributed by atoms with van der Waals surface area (Å²) in [5, 5.41) is 11.5. The van der Waals surface area contributed by atoms with Crippen molar-refractivity contribution in [1.82, 2.24) is 0 Å². The summed E-state index contributed by atoms with van der Waals surface area (Å²) < 4.78 is 10.9. The van der Waals surface area contributed by atoms with E-state index in [-0.39, 0.29) is 11.3 Å². The van der Waals surface area contributed by atoms with Crippen molar-refractivity contribution in [3.05, 3.63) is 44.1 Å². The zero-order chi connectivity index (χ0) is 15.0. The third-order valence-electron chi connectivity index (χ3n) is 3.48. The van der Waals surface area contributed by atoms with Crippen molar-refractivity contribution < 1.29 is 14.1 Å². The van der Waals surface area contributed by atoms with Gasteiger partial charge in [0.2, 0.25) is 0 Å². The quantitative estimate of drug-likeness (QED) is 0.619. The number of hydrogen-bond acceptors (Lipinski definition) is 6. The van der Waals surface area contributed by atoms with Gasteiger partial charge in [0.25, 0.3) is 11.3 Å². The van der Waals surface area contributed by atoms with E-state index in [0.717, 1.165) is 5.56 Å². The fourth-order valence-corrected chi connectivity index (χ4v) is 2.43. The van der Waals surface area contributed by atoms with Crippen LogP contribution in [-0.2, 0) is 4.74 Å². The first-order valence-corrected chi connectivity index (χ1v) is 6.62. The molecule has 0 saturated carbocycles. The van der Waals surface area contributed by atoms with Gasteiger partial charge in [-0.3, -0.25) is 14.9 Å². The number of fused-ring (bicyclic) bond motifs is 1. The lowest BCUT2D eigenvalue weighted by Gasteiger charge is -2.26. The van der Waals surface area contributed by atoms with Gasteiger partial charge in [0.15, 0.2) is 0 Å². The standard InChI is InChI=1S/C14H14N2O5/c1-9-2-3-11-10(8-9)13(17)12(16(18)19)14(21-11)15-4-6-20-7-5-15/h2-3,8H,4-7H2,1H3. The molecule has 21 heavy (non-hydrogen) atoms. The molecule has 0 radical (unpaired) electrons. The molecule has 1 aromatic heterocycles. The average Bonchev–Trinajstić information content (AvgIpc) is 2.48. The Bertz CT molecular complexity index is 762. The predicted molar refractivity (Wildman–Crippen MR) is 76.9 cm³/mol. The van der Waals surface area contributed by atoms with Gasteiger partial charge in [-0.15, -0.1) is 0 Å². The number of morpholine rings is 1. The summed E-state index contributed by atoms with van der Waals surface area (Å²) in [5.74, 6) is 0.0182. The molecule has 1 aliphatic rings. The molecule has 110 valence electrons. The van der Waals surface area contributed by atoms with E-state index in [1.54, 1.807) is 23.1 Å². The molecule has 0 N–H and O–H groups in total. The number of hydrogen-bond donors (Lipinski definition) is 0. The molecule has 1 saturated heterocycles. The van der Waals surface area contributed by atoms with Crippen molar-refractivity contribution in [1.29, 1.82) is 0 Å². The Kier molecular flexibility index (Phi) is 3.34. The molecule has 0 amide bonds. The maximum Gasteiger partial charge on any atom is 0.376 e. The molecule has 0 atom stereocenters. The van der Waals surface area contributed by atoms with E-state index in [9.17, 15) is 14.9 Å². The van der Waals surface area contributed by atoms with Crippen molar-refractivity contribution in [2.75, 3.05) is 31.2 Å². The number of anilines is 1. The summed E-state index contributed by atoms with van der Waals surface area (Å²) >= 11 is 0. The Morgan fingerprint density at radius 2 is 2.00 bits per heavy atom. The molecular weight excluding hydrogens is 276 g/mol. The van der Waals surface area contributed by atoms with Crippen molar-refractivity contribution >= 4 is 22.5 Å². The van der Waals surface area contributed by atoms with E-state index in [0.29, 0.717) is 31.9 Å². The van der Waals surface area contributed by atoms with Crippen LogP contribution in [0.2, 0.25) is 0 Å². The average molecular weight is 290 g/mol. The van der Waals surface area contributed by atoms with Crippen molar-refractivity contribution in [2.24, 2.45) is 0 Å². The molecule has 0 aliphatic carbocycles. The summed E-state index contributed by atoms with van der Waals surface area (Å²) in [4.78, 5) is 24.7. The lowest BCUT2D eigenvalue weighted by molar-refractivity contribution is -0.386. The molecule has 2 heterocycles. The first kappa shape index (κ1) is 13.6. The molecular formula is C14H14N2O5. The zero-order valence-corrected chi connectivity index (χ0v) is 11.5. The Morgan fingerprint density at radius 1 is 1.29 bits per heavy atom. The molecule has 0 unspecified atom stereocenters. The molecule has 1 aromatic carbocycles. The smallest absolute Gasteiger partial charge is 0.376 e. The van der Waals surface area contributed by atoms with Crippen LogP contribution in [0.5, 0.6) is 0 Å². The van der Waals surface area contributed by atoms with E-state index in [4.69, 9.17) is 9.15 Å². The first-order valence-electron chi connectivity index (χ1n) is 6.62. The first-order chi connectivity index (χ1) is 10.1. The molecule has 3 rings (SSSR count). The number of rotatable bonds is 2. The highest BCUT2D eigenvalue weighted by Gasteiger charge is 2.29. The van der Waals surface area contributed by atoms with Crippen molar-refractivity contribution in [2.45, 2.75) is 6.92 Å². The van der Waals surface area contributed by atoms with Crippen LogP contribution in [0.25, 0.3) is 11.0 Å². The topological polar surface area (TPSA) is 85.8 Å². The highest BCUT2D eigenvalue weighted by Crippen LogP contribution is 2.29. The number of nitro groups is 1. The van der Waals surface area contributed by atoms with Crippen LogP contribution in [0.3, 0.4) is 0 Å². The van der Waals surface area contributed by atoms with Gasteiger partial charge in [0, 0.05) is 13.1 Å². The SMILES string of the molecule is Cc1ccc2oc(N3CCOCC3)c([N+](=O)[O-])c(=O)c2c1. The number of benzene rings is 1. The normalized spacial score (nSPS) is 15.4. The maximum absolute atomic E-state index is 12.4. The molecule has 2 aromatic rings. The Labute approximate surface area is 119 Å². The summed E-state index contributed by atoms with van der Waals surface area (Å²) in [6.07, 6.45) is 0.